The van der Waals surface area contributed by atoms with Crippen molar-refractivity contribution in [2.45, 2.75) is 19.5 Å². The number of thiazole rings is 1. The van der Waals surface area contributed by atoms with Crippen molar-refractivity contribution in [1.82, 2.24) is 15.6 Å². The van der Waals surface area contributed by atoms with Crippen LogP contribution in [0, 0.1) is 0 Å². The maximum atomic E-state index is 11.7. The van der Waals surface area contributed by atoms with Gasteiger partial charge in [0.15, 0.2) is 0 Å². The first-order valence-corrected chi connectivity index (χ1v) is 7.12. The van der Waals surface area contributed by atoms with Crippen molar-refractivity contribution < 1.29 is 4.79 Å². The second kappa shape index (κ2) is 7.01. The van der Waals surface area contributed by atoms with E-state index in [2.05, 4.69) is 15.6 Å². The molecule has 2 N–H and O–H groups in total. The van der Waals surface area contributed by atoms with Crippen molar-refractivity contribution in [1.29, 1.82) is 0 Å². The van der Waals surface area contributed by atoms with Gasteiger partial charge in [-0.3, -0.25) is 4.79 Å². The lowest BCUT2D eigenvalue weighted by molar-refractivity contribution is -0.120. The second-order valence-corrected chi connectivity index (χ2v) is 5.00. The summed E-state index contributed by atoms with van der Waals surface area (Å²) < 4.78 is 0. The lowest BCUT2D eigenvalue weighted by Gasteiger charge is -2.11. The molecule has 0 radical (unpaired) electrons. The molecule has 5 heteroatoms. The molecule has 1 unspecified atom stereocenters. The number of amides is 1. The number of nitrogens with one attached hydrogen (secondary N) is 2. The second-order valence-electron chi connectivity index (χ2n) is 4.28. The Morgan fingerprint density at radius 2 is 2.16 bits per heavy atom. The summed E-state index contributed by atoms with van der Waals surface area (Å²) in [7, 11) is 0. The van der Waals surface area contributed by atoms with E-state index in [1.807, 2.05) is 42.6 Å². The molecule has 100 valence electrons. The smallest absolute Gasteiger partial charge is 0.234 e. The highest BCUT2D eigenvalue weighted by atomic mass is 32.1. The van der Waals surface area contributed by atoms with E-state index in [0.717, 1.165) is 11.3 Å². The van der Waals surface area contributed by atoms with Gasteiger partial charge in [-0.25, -0.2) is 4.98 Å². The molecular weight excluding hydrogens is 258 g/mol. The molecule has 4 nitrogen and oxygen atoms in total. The van der Waals surface area contributed by atoms with Crippen LogP contribution in [-0.2, 0) is 11.3 Å². The van der Waals surface area contributed by atoms with Crippen LogP contribution in [0.15, 0.2) is 41.2 Å². The van der Waals surface area contributed by atoms with Crippen LogP contribution in [0.4, 0.5) is 0 Å². The largest absolute Gasteiger partial charge is 0.351 e. The van der Waals surface area contributed by atoms with Gasteiger partial charge in [-0.2, -0.15) is 0 Å². The van der Waals surface area contributed by atoms with Gasteiger partial charge in [-0.15, -0.1) is 11.3 Å². The van der Waals surface area contributed by atoms with Gasteiger partial charge in [0.25, 0.3) is 0 Å². The summed E-state index contributed by atoms with van der Waals surface area (Å²) >= 11 is 1.56. The molecule has 0 bridgehead atoms. The van der Waals surface area contributed by atoms with Gasteiger partial charge in [0.05, 0.1) is 17.7 Å². The third kappa shape index (κ3) is 4.46. The Morgan fingerprint density at radius 3 is 2.84 bits per heavy atom. The fourth-order valence-corrected chi connectivity index (χ4v) is 2.29. The number of carbonyl (C=O) groups is 1. The van der Waals surface area contributed by atoms with E-state index in [0.29, 0.717) is 13.1 Å². The predicted molar refractivity (Wildman–Crippen MR) is 76.8 cm³/mol. The Morgan fingerprint density at radius 1 is 1.37 bits per heavy atom. The first-order valence-electron chi connectivity index (χ1n) is 6.18. The van der Waals surface area contributed by atoms with Crippen molar-refractivity contribution in [2.75, 3.05) is 6.54 Å². The fourth-order valence-electron chi connectivity index (χ4n) is 1.65. The molecule has 1 aromatic carbocycles. The molecule has 0 saturated heterocycles. The number of nitrogens with zero attached hydrogens (tertiary/aromatic N) is 1. The Bertz CT molecular complexity index is 499. The quantitative estimate of drug-likeness (QED) is 0.849. The van der Waals surface area contributed by atoms with Gasteiger partial charge in [0.1, 0.15) is 0 Å². The van der Waals surface area contributed by atoms with Gasteiger partial charge in [-0.1, -0.05) is 30.3 Å². The minimum Gasteiger partial charge on any atom is -0.351 e. The average Bonchev–Trinajstić information content (AvgIpc) is 2.98. The molecule has 2 aromatic rings. The highest BCUT2D eigenvalue weighted by molar-refractivity contribution is 7.07. The summed E-state index contributed by atoms with van der Waals surface area (Å²) in [5, 5.41) is 8.02. The molecular formula is C14H17N3OS. The normalized spacial score (nSPS) is 12.1. The minimum absolute atomic E-state index is 0.00840. The van der Waals surface area contributed by atoms with E-state index in [-0.39, 0.29) is 11.9 Å². The summed E-state index contributed by atoms with van der Waals surface area (Å²) in [6.07, 6.45) is 0. The van der Waals surface area contributed by atoms with Crippen LogP contribution in [-0.4, -0.2) is 17.4 Å². The monoisotopic (exact) mass is 275 g/mol. The van der Waals surface area contributed by atoms with Gasteiger partial charge in [-0.05, 0) is 12.5 Å². The minimum atomic E-state index is -0.00840. The van der Waals surface area contributed by atoms with Crippen molar-refractivity contribution in [2.24, 2.45) is 0 Å². The van der Waals surface area contributed by atoms with Crippen LogP contribution in [0.3, 0.4) is 0 Å². The van der Waals surface area contributed by atoms with E-state index in [1.54, 1.807) is 16.8 Å². The summed E-state index contributed by atoms with van der Waals surface area (Å²) in [4.78, 5) is 15.9. The Hall–Kier alpha value is -1.72. The van der Waals surface area contributed by atoms with Gasteiger partial charge in [0, 0.05) is 18.0 Å². The van der Waals surface area contributed by atoms with Crippen molar-refractivity contribution in [3.05, 3.63) is 52.5 Å². The topological polar surface area (TPSA) is 54.0 Å². The lowest BCUT2D eigenvalue weighted by Crippen LogP contribution is -2.34. The zero-order valence-corrected chi connectivity index (χ0v) is 11.6. The van der Waals surface area contributed by atoms with E-state index < -0.39 is 0 Å². The van der Waals surface area contributed by atoms with Crippen LogP contribution >= 0.6 is 11.3 Å². The third-order valence-electron chi connectivity index (χ3n) is 2.80. The van der Waals surface area contributed by atoms with Crippen molar-refractivity contribution in [3.63, 3.8) is 0 Å². The van der Waals surface area contributed by atoms with Crippen LogP contribution in [0.1, 0.15) is 24.2 Å². The summed E-state index contributed by atoms with van der Waals surface area (Å²) in [5.41, 5.74) is 3.87. The first-order chi connectivity index (χ1) is 9.25. The Balaban J connectivity index is 1.70. The number of hydrogen-bond donors (Lipinski definition) is 2. The first kappa shape index (κ1) is 13.7. The van der Waals surface area contributed by atoms with E-state index in [9.17, 15) is 4.79 Å². The number of carbonyl (C=O) groups excluding carboxylic acids is 1. The van der Waals surface area contributed by atoms with Crippen LogP contribution in [0.2, 0.25) is 0 Å². The molecule has 19 heavy (non-hydrogen) atoms. The Labute approximate surface area is 116 Å². The lowest BCUT2D eigenvalue weighted by atomic mass is 10.2. The van der Waals surface area contributed by atoms with Gasteiger partial charge >= 0.3 is 0 Å². The SMILES string of the molecule is CC(NCC(=O)NCc1ccccc1)c1cscn1. The standard InChI is InChI=1S/C14H17N3OS/c1-11(13-9-19-10-17-13)15-8-14(18)16-7-12-5-3-2-4-6-12/h2-6,9-11,15H,7-8H2,1H3,(H,16,18). The van der Waals surface area contributed by atoms with Crippen LogP contribution in [0.5, 0.6) is 0 Å². The number of benzene rings is 1. The summed E-state index contributed by atoms with van der Waals surface area (Å²) in [6.45, 7) is 2.86. The fraction of sp³-hybridized carbons (Fsp3) is 0.286. The molecule has 1 amide bonds. The Kier molecular flexibility index (Phi) is 5.06. The molecule has 2 rings (SSSR count). The van der Waals surface area contributed by atoms with Gasteiger partial charge in [0.2, 0.25) is 5.91 Å². The summed E-state index contributed by atoms with van der Waals surface area (Å²) in [5.74, 6) is -0.00840. The van der Waals surface area contributed by atoms with E-state index in [1.165, 1.54) is 0 Å². The molecule has 0 fully saturated rings. The highest BCUT2D eigenvalue weighted by Crippen LogP contribution is 2.10. The number of rotatable bonds is 6. The molecule has 0 spiro atoms. The number of hydrogen-bond acceptors (Lipinski definition) is 4. The molecule has 1 heterocycles. The number of aromatic nitrogens is 1. The van der Waals surface area contributed by atoms with Crippen molar-refractivity contribution in [3.8, 4) is 0 Å². The molecule has 0 aliphatic rings. The molecule has 1 aromatic heterocycles. The summed E-state index contributed by atoms with van der Waals surface area (Å²) in [6, 6.07) is 9.96. The molecule has 0 aliphatic heterocycles. The highest BCUT2D eigenvalue weighted by Gasteiger charge is 2.08. The van der Waals surface area contributed by atoms with Crippen molar-refractivity contribution >= 4 is 17.2 Å². The van der Waals surface area contributed by atoms with E-state index in [4.69, 9.17) is 0 Å². The maximum Gasteiger partial charge on any atom is 0.234 e. The van der Waals surface area contributed by atoms with E-state index >= 15 is 0 Å². The zero-order valence-electron chi connectivity index (χ0n) is 10.8. The third-order valence-corrected chi connectivity index (χ3v) is 3.40. The maximum absolute atomic E-state index is 11.7. The van der Waals surface area contributed by atoms with Crippen LogP contribution in [0.25, 0.3) is 0 Å². The molecule has 1 atom stereocenters. The van der Waals surface area contributed by atoms with Crippen LogP contribution < -0.4 is 10.6 Å². The van der Waals surface area contributed by atoms with Gasteiger partial charge < -0.3 is 10.6 Å². The molecule has 0 aliphatic carbocycles. The average molecular weight is 275 g/mol. The zero-order chi connectivity index (χ0) is 13.5. The molecule has 0 saturated carbocycles. The predicted octanol–water partition coefficient (Wildman–Crippen LogP) is 2.11.